The number of benzene rings is 1. The van der Waals surface area contributed by atoms with E-state index in [-0.39, 0.29) is 5.82 Å². The minimum atomic E-state index is -0.108. The molecule has 16 heavy (non-hydrogen) atoms. The maximum absolute atomic E-state index is 13.3. The highest BCUT2D eigenvalue weighted by atomic mass is 32.2. The van der Waals surface area contributed by atoms with Crippen molar-refractivity contribution >= 4 is 11.8 Å². The van der Waals surface area contributed by atoms with Crippen LogP contribution >= 0.6 is 11.8 Å². The maximum atomic E-state index is 13.3. The summed E-state index contributed by atoms with van der Waals surface area (Å²) in [7, 11) is 2.12. The lowest BCUT2D eigenvalue weighted by molar-refractivity contribution is 0.348. The van der Waals surface area contributed by atoms with Crippen molar-refractivity contribution in [3.05, 3.63) is 30.1 Å². The van der Waals surface area contributed by atoms with Crippen LogP contribution in [-0.4, -0.2) is 30.8 Å². The molecule has 0 fully saturated rings. The van der Waals surface area contributed by atoms with Gasteiger partial charge in [0.05, 0.1) is 0 Å². The van der Waals surface area contributed by atoms with Crippen molar-refractivity contribution in [1.82, 2.24) is 4.90 Å². The smallest absolute Gasteiger partial charge is 0.136 e. The number of hydrogen-bond donors (Lipinski definition) is 0. The molecule has 0 aliphatic heterocycles. The molecule has 0 aliphatic rings. The van der Waals surface area contributed by atoms with Gasteiger partial charge in [-0.3, -0.25) is 0 Å². The molecule has 0 radical (unpaired) electrons. The Morgan fingerprint density at radius 1 is 1.25 bits per heavy atom. The highest BCUT2D eigenvalue weighted by Gasteiger charge is 2.02. The first kappa shape index (κ1) is 13.5. The number of thioether (sulfide) groups is 1. The predicted octanol–water partition coefficient (Wildman–Crippen LogP) is 3.65. The SMILES string of the molecule is CCCCN(C)CCSc1ccccc1F. The molecule has 0 heterocycles. The first-order chi connectivity index (χ1) is 7.74. The van der Waals surface area contributed by atoms with Crippen molar-refractivity contribution < 1.29 is 4.39 Å². The second-order valence-electron chi connectivity index (χ2n) is 3.94. The molecular weight excluding hydrogens is 221 g/mol. The average Bonchev–Trinajstić information content (AvgIpc) is 2.29. The zero-order valence-electron chi connectivity index (χ0n) is 10.1. The minimum absolute atomic E-state index is 0.108. The Balaban J connectivity index is 2.23. The fourth-order valence-electron chi connectivity index (χ4n) is 1.41. The molecule has 1 nitrogen and oxygen atoms in total. The molecular formula is C13H20FNS. The van der Waals surface area contributed by atoms with E-state index >= 15 is 0 Å². The first-order valence-corrected chi connectivity index (χ1v) is 6.78. The first-order valence-electron chi connectivity index (χ1n) is 5.80. The molecule has 90 valence electrons. The van der Waals surface area contributed by atoms with Crippen LogP contribution < -0.4 is 0 Å². The quantitative estimate of drug-likeness (QED) is 0.670. The third kappa shape index (κ3) is 4.99. The van der Waals surface area contributed by atoms with Gasteiger partial charge in [-0.05, 0) is 32.1 Å². The Morgan fingerprint density at radius 2 is 2.00 bits per heavy atom. The van der Waals surface area contributed by atoms with Gasteiger partial charge in [0, 0.05) is 17.2 Å². The molecule has 0 unspecified atom stereocenters. The molecule has 0 saturated carbocycles. The molecule has 0 atom stereocenters. The summed E-state index contributed by atoms with van der Waals surface area (Å²) in [6, 6.07) is 6.97. The van der Waals surface area contributed by atoms with Crippen LogP contribution in [0.25, 0.3) is 0 Å². The summed E-state index contributed by atoms with van der Waals surface area (Å²) in [5.74, 6) is 0.838. The normalized spacial score (nSPS) is 11.0. The lowest BCUT2D eigenvalue weighted by Crippen LogP contribution is -2.22. The van der Waals surface area contributed by atoms with Gasteiger partial charge in [0.1, 0.15) is 5.82 Å². The van der Waals surface area contributed by atoms with Crippen LogP contribution in [0.1, 0.15) is 19.8 Å². The van der Waals surface area contributed by atoms with Crippen molar-refractivity contribution in [2.24, 2.45) is 0 Å². The molecule has 0 saturated heterocycles. The van der Waals surface area contributed by atoms with Crippen LogP contribution in [0.15, 0.2) is 29.2 Å². The zero-order chi connectivity index (χ0) is 11.8. The summed E-state index contributed by atoms with van der Waals surface area (Å²) >= 11 is 1.59. The lowest BCUT2D eigenvalue weighted by atomic mass is 10.3. The molecule has 0 N–H and O–H groups in total. The molecule has 3 heteroatoms. The van der Waals surface area contributed by atoms with Crippen molar-refractivity contribution in [3.8, 4) is 0 Å². The van der Waals surface area contributed by atoms with Crippen molar-refractivity contribution in [1.29, 1.82) is 0 Å². The van der Waals surface area contributed by atoms with E-state index in [0.29, 0.717) is 0 Å². The van der Waals surface area contributed by atoms with E-state index in [1.54, 1.807) is 17.8 Å². The van der Waals surface area contributed by atoms with Crippen LogP contribution in [0.4, 0.5) is 4.39 Å². The topological polar surface area (TPSA) is 3.24 Å². The van der Waals surface area contributed by atoms with Gasteiger partial charge in [-0.15, -0.1) is 11.8 Å². The summed E-state index contributed by atoms with van der Waals surface area (Å²) < 4.78 is 13.3. The Morgan fingerprint density at radius 3 is 2.69 bits per heavy atom. The molecule has 1 aromatic rings. The fraction of sp³-hybridized carbons (Fsp3) is 0.538. The van der Waals surface area contributed by atoms with Gasteiger partial charge in [0.15, 0.2) is 0 Å². The summed E-state index contributed by atoms with van der Waals surface area (Å²) in [5.41, 5.74) is 0. The zero-order valence-corrected chi connectivity index (χ0v) is 10.9. The Hall–Kier alpha value is -0.540. The van der Waals surface area contributed by atoms with Gasteiger partial charge in [0.25, 0.3) is 0 Å². The van der Waals surface area contributed by atoms with Gasteiger partial charge in [-0.2, -0.15) is 0 Å². The van der Waals surface area contributed by atoms with Gasteiger partial charge in [0.2, 0.25) is 0 Å². The highest BCUT2D eigenvalue weighted by Crippen LogP contribution is 2.20. The number of rotatable bonds is 7. The molecule has 1 rings (SSSR count). The minimum Gasteiger partial charge on any atom is -0.306 e. The number of nitrogens with zero attached hydrogens (tertiary/aromatic N) is 1. The summed E-state index contributed by atoms with van der Waals surface area (Å²) in [6.45, 7) is 4.34. The van der Waals surface area contributed by atoms with Crippen LogP contribution in [0.5, 0.6) is 0 Å². The van der Waals surface area contributed by atoms with E-state index in [1.165, 1.54) is 18.9 Å². The van der Waals surface area contributed by atoms with Crippen LogP contribution in [0.3, 0.4) is 0 Å². The summed E-state index contributed by atoms with van der Waals surface area (Å²) in [5, 5.41) is 0. The van der Waals surface area contributed by atoms with Gasteiger partial charge in [-0.25, -0.2) is 4.39 Å². The molecule has 0 spiro atoms. The van der Waals surface area contributed by atoms with Crippen LogP contribution in [0.2, 0.25) is 0 Å². The maximum Gasteiger partial charge on any atom is 0.136 e. The molecule has 0 amide bonds. The van der Waals surface area contributed by atoms with Crippen molar-refractivity contribution in [3.63, 3.8) is 0 Å². The highest BCUT2D eigenvalue weighted by molar-refractivity contribution is 7.99. The van der Waals surface area contributed by atoms with E-state index in [2.05, 4.69) is 18.9 Å². The fourth-order valence-corrected chi connectivity index (χ4v) is 2.42. The van der Waals surface area contributed by atoms with Gasteiger partial charge in [-0.1, -0.05) is 25.5 Å². The van der Waals surface area contributed by atoms with E-state index < -0.39 is 0 Å². The second kappa shape index (κ2) is 7.69. The van der Waals surface area contributed by atoms with Crippen LogP contribution in [-0.2, 0) is 0 Å². The molecule has 0 bridgehead atoms. The predicted molar refractivity (Wildman–Crippen MR) is 69.5 cm³/mol. The van der Waals surface area contributed by atoms with E-state index in [0.717, 1.165) is 23.7 Å². The van der Waals surface area contributed by atoms with Crippen molar-refractivity contribution in [2.75, 3.05) is 25.9 Å². The summed E-state index contributed by atoms with van der Waals surface area (Å²) in [4.78, 5) is 3.06. The van der Waals surface area contributed by atoms with Gasteiger partial charge >= 0.3 is 0 Å². The Labute approximate surface area is 102 Å². The lowest BCUT2D eigenvalue weighted by Gasteiger charge is -2.15. The standard InChI is InChI=1S/C13H20FNS/c1-3-4-9-15(2)10-11-16-13-8-6-5-7-12(13)14/h5-8H,3-4,9-11H2,1-2H3. The van der Waals surface area contributed by atoms with Gasteiger partial charge < -0.3 is 4.90 Å². The Bertz CT molecular complexity index is 304. The van der Waals surface area contributed by atoms with E-state index in [4.69, 9.17) is 0 Å². The molecule has 1 aromatic carbocycles. The number of halogens is 1. The number of unbranched alkanes of at least 4 members (excludes halogenated alkanes) is 1. The third-order valence-electron chi connectivity index (χ3n) is 2.46. The third-order valence-corrected chi connectivity index (χ3v) is 3.49. The second-order valence-corrected chi connectivity index (χ2v) is 5.07. The molecule has 0 aliphatic carbocycles. The monoisotopic (exact) mass is 241 g/mol. The number of hydrogen-bond acceptors (Lipinski definition) is 2. The van der Waals surface area contributed by atoms with Crippen LogP contribution in [0, 0.1) is 5.82 Å². The Kier molecular flexibility index (Phi) is 6.50. The van der Waals surface area contributed by atoms with Crippen molar-refractivity contribution in [2.45, 2.75) is 24.7 Å². The summed E-state index contributed by atoms with van der Waals surface area (Å²) in [6.07, 6.45) is 2.46. The largest absolute Gasteiger partial charge is 0.306 e. The molecule has 0 aromatic heterocycles. The van der Waals surface area contributed by atoms with E-state index in [1.807, 2.05) is 12.1 Å². The average molecular weight is 241 g/mol. The van der Waals surface area contributed by atoms with E-state index in [9.17, 15) is 4.39 Å².